The molecule has 1 fully saturated rings. The molecule has 0 spiro atoms. The van der Waals surface area contributed by atoms with Gasteiger partial charge in [-0.15, -0.1) is 0 Å². The number of nitrogens with two attached hydrogens (primary N) is 1. The lowest BCUT2D eigenvalue weighted by atomic mass is 9.78. The Morgan fingerprint density at radius 2 is 1.15 bits per heavy atom. The topological polar surface area (TPSA) is 612 Å². The van der Waals surface area contributed by atoms with E-state index in [-0.39, 0.29) is 93.2 Å². The number of aromatic nitrogens is 1. The number of carboxylic acid groups (broad SMARTS) is 2. The molecule has 0 bridgehead atoms. The number of carbonyl (C=O) groups is 20. The van der Waals surface area contributed by atoms with Gasteiger partial charge in [-0.25, -0.2) is 4.79 Å². The maximum absolute atomic E-state index is 15.6. The van der Waals surface area contributed by atoms with Crippen molar-refractivity contribution in [1.29, 1.82) is 0 Å². The van der Waals surface area contributed by atoms with Crippen LogP contribution in [0.2, 0.25) is 0 Å². The van der Waals surface area contributed by atoms with Crippen molar-refractivity contribution in [3.63, 3.8) is 0 Å². The molecule has 0 saturated heterocycles. The Labute approximate surface area is 811 Å². The predicted octanol–water partition coefficient (Wildman–Crippen LogP) is 3.50. The number of carbonyl (C=O) groups excluding carboxylic acids is 18. The molecular weight excluding hydrogens is 1790 g/mol. The van der Waals surface area contributed by atoms with E-state index in [1.165, 1.54) is 93.5 Å². The van der Waals surface area contributed by atoms with Gasteiger partial charge in [-0.2, -0.15) is 0 Å². The molecule has 12 amide bonds. The van der Waals surface area contributed by atoms with Crippen molar-refractivity contribution in [2.24, 2.45) is 35.3 Å². The number of rotatable bonds is 40. The Balaban J connectivity index is 1.40. The normalized spacial score (nSPS) is 22.6. The number of aromatic amines is 1. The summed E-state index contributed by atoms with van der Waals surface area (Å²) >= 11 is 0. The van der Waals surface area contributed by atoms with E-state index in [9.17, 15) is 82.4 Å². The molecule has 3 aromatic carbocycles. The summed E-state index contributed by atoms with van der Waals surface area (Å²) in [6, 6.07) is 3.38. The molecule has 1 aliphatic carbocycles. The Bertz CT molecular complexity index is 5020. The molecule has 0 radical (unpaired) electrons. The van der Waals surface area contributed by atoms with Gasteiger partial charge in [0, 0.05) is 74.6 Å². The number of aliphatic hydroxyl groups is 1. The third kappa shape index (κ3) is 37.9. The van der Waals surface area contributed by atoms with Crippen molar-refractivity contribution in [3.05, 3.63) is 119 Å². The molecule has 20 N–H and O–H groups in total. The summed E-state index contributed by atoms with van der Waals surface area (Å²) in [5, 5.41) is 70.4. The Morgan fingerprint density at radius 1 is 0.547 bits per heavy atom. The average Bonchev–Trinajstić information content (AvgIpc) is 1.63. The highest BCUT2D eigenvalue weighted by molar-refractivity contribution is 6.41. The van der Waals surface area contributed by atoms with Crippen molar-refractivity contribution in [2.75, 3.05) is 13.1 Å². The lowest BCUT2D eigenvalue weighted by Gasteiger charge is -2.37. The van der Waals surface area contributed by atoms with Crippen LogP contribution in [0.25, 0.3) is 10.9 Å². The number of allylic oxidation sites excluding steroid dienone is 2. The number of aliphatic carboxylic acids is 1. The third-order valence-electron chi connectivity index (χ3n) is 25.3. The molecule has 1 aliphatic heterocycles. The number of ketones is 6. The Kier molecular flexibility index (Phi) is 46.2. The maximum Gasteiger partial charge on any atom is 0.335 e. The number of hydrogen-bond donors (Lipinski definition) is 19. The van der Waals surface area contributed by atoms with E-state index < -0.39 is 251 Å². The summed E-state index contributed by atoms with van der Waals surface area (Å²) < 4.78 is 0. The summed E-state index contributed by atoms with van der Waals surface area (Å²) in [6.07, 6.45) is 5.74. The molecule has 1 aromatic heterocycles. The van der Waals surface area contributed by atoms with Crippen molar-refractivity contribution in [2.45, 2.75) is 328 Å². The third-order valence-corrected chi connectivity index (χ3v) is 25.3. The molecule has 1 saturated carbocycles. The monoisotopic (exact) mass is 1940 g/mol. The number of primary amides is 1. The molecule has 762 valence electrons. The molecule has 139 heavy (non-hydrogen) atoms. The number of fused-ring (bicyclic) bond motifs is 1. The number of aliphatic hydroxyl groups excluding tert-OH is 1. The number of nitrogens with one attached hydrogen (secondary N) is 15. The molecule has 39 nitrogen and oxygen atoms in total. The van der Waals surface area contributed by atoms with Gasteiger partial charge < -0.3 is 95.2 Å². The quantitative estimate of drug-likeness (QED) is 0.0224. The fourth-order valence-electron chi connectivity index (χ4n) is 16.4. The number of benzene rings is 3. The fraction of sp³-hybridized carbons (Fsp3) is 0.580. The highest BCUT2D eigenvalue weighted by atomic mass is 16.4. The first-order chi connectivity index (χ1) is 65.5. The van der Waals surface area contributed by atoms with Crippen molar-refractivity contribution in [1.82, 2.24) is 79.4 Å². The van der Waals surface area contributed by atoms with E-state index in [4.69, 9.17) is 5.73 Å². The first-order valence-corrected chi connectivity index (χ1v) is 48.0. The number of amides is 12. The number of hydrogen-bond acceptors (Lipinski definition) is 24. The number of para-hydroxylation sites is 1. The van der Waals surface area contributed by atoms with E-state index >= 15 is 28.8 Å². The van der Waals surface area contributed by atoms with E-state index in [2.05, 4.69) is 79.4 Å². The van der Waals surface area contributed by atoms with Gasteiger partial charge in [-0.3, -0.25) is 96.4 Å². The molecule has 18 atom stereocenters. The van der Waals surface area contributed by atoms with Gasteiger partial charge >= 0.3 is 11.9 Å². The minimum atomic E-state index is -2.07. The average molecular weight is 1940 g/mol. The second-order valence-corrected chi connectivity index (χ2v) is 38.1. The zero-order valence-corrected chi connectivity index (χ0v) is 82.2. The second-order valence-electron chi connectivity index (χ2n) is 38.1. The lowest BCUT2D eigenvalue weighted by molar-refractivity contribution is -0.140. The van der Waals surface area contributed by atoms with Gasteiger partial charge in [0.25, 0.3) is 0 Å². The van der Waals surface area contributed by atoms with E-state index in [0.717, 1.165) is 19.3 Å². The second kappa shape index (κ2) is 55.8. The number of aromatic carboxylic acids is 1. The van der Waals surface area contributed by atoms with Crippen LogP contribution in [0.5, 0.6) is 0 Å². The highest BCUT2D eigenvalue weighted by Crippen LogP contribution is 2.33. The van der Waals surface area contributed by atoms with Crippen LogP contribution in [0.1, 0.15) is 246 Å². The Morgan fingerprint density at radius 3 is 1.75 bits per heavy atom. The van der Waals surface area contributed by atoms with E-state index in [1.807, 2.05) is 12.2 Å². The van der Waals surface area contributed by atoms with Gasteiger partial charge in [-0.05, 0) is 193 Å². The Hall–Kier alpha value is -12.6. The first-order valence-electron chi connectivity index (χ1n) is 48.0. The predicted molar refractivity (Wildman–Crippen MR) is 516 cm³/mol. The summed E-state index contributed by atoms with van der Waals surface area (Å²) in [5.41, 5.74) is 3.90. The van der Waals surface area contributed by atoms with Crippen LogP contribution >= 0.6 is 0 Å². The number of carboxylic acids is 2. The standard InChI is InChI=1S/C100H144N16O23/c1-55(2)46-78(109-65(12)119)94(134)113-83(64(11)118)96(136)111-79(49-67-30-23-22-24-31-67)95(135)115-99(13)44-27-20-18-16-15-17-19-21-28-45-100(14,114-62(9)90(130)108-61(8)89(129)107-60(7)88(128)105-58(5)85(125)84(124)57(4)102-52-56(3)63(10)117)116-92(132)72(47-66-32-29-33-66)54-104-75(40-42-81(101)121)87(127)86(126)59(6)106-91(131)70(50-71-53-103-74-35-26-25-34-73(71)74)51-80(120)77(48-68-36-38-69(39-37-68)97(137)138)110-93(133)76(112-98(99)139)41-43-82(122)123/h17,19,22-26,30-31,34-39,53,55-62,64,66,70,72,75-79,83,102-104,114,118H,15-16,18,20-21,27-29,32-33,40-52,54H2,1-14H3,(H2,101,121)(H,105,128)(H,106,131)(H,107,129)(H,108,130)(H,109,119)(H,110,133)(H,111,136)(H,112,139)(H,113,134)(H,115,135)(H,116,132)(H,122,123)(H,137,138)/b19-17+/t56-,57-,58-,59?,60?,61-,62?,64+,70+,72+,75-,76-,77-,78-,79-,83-,99+,100+/m0/s1. The highest BCUT2D eigenvalue weighted by Gasteiger charge is 2.44. The molecule has 2 aliphatic rings. The van der Waals surface area contributed by atoms with Crippen LogP contribution in [-0.4, -0.2) is 241 Å². The molecule has 6 rings (SSSR count). The fourth-order valence-corrected chi connectivity index (χ4v) is 16.4. The lowest BCUT2D eigenvalue weighted by Crippen LogP contribution is -2.65. The van der Waals surface area contributed by atoms with E-state index in [1.54, 1.807) is 88.5 Å². The summed E-state index contributed by atoms with van der Waals surface area (Å²) in [6.45, 7) is 20.1. The van der Waals surface area contributed by atoms with Gasteiger partial charge in [0.2, 0.25) is 94.0 Å². The van der Waals surface area contributed by atoms with Crippen molar-refractivity contribution in [3.8, 4) is 0 Å². The largest absolute Gasteiger partial charge is 0.481 e. The van der Waals surface area contributed by atoms with Crippen LogP contribution in [0, 0.1) is 29.6 Å². The van der Waals surface area contributed by atoms with Crippen LogP contribution in [0.15, 0.2) is 97.2 Å². The molecule has 2 heterocycles. The summed E-state index contributed by atoms with van der Waals surface area (Å²) in [7, 11) is 0. The SMILES string of the molecule is CC(=O)N[C@@H](CC(C)C)C(=O)N[C@H](C(=O)N[C@@H](Cc1ccccc1)C(=O)N[C@]1(C)CCCCCC/C=C/CCC[C@](C)(NC(C)C(=O)N[C@@H](C)C(=O)NC(C)C(=O)N[C@@H](C)C(=O)C(=O)[C@H](C)NC[C@H](C)C(C)=O)NC(=O)[C@H](CC2CCC2)CN[C@@H](CCC(N)=O)C(=O)C(=O)C(C)NC(=O)[C@H](Cc2c[nH]c3ccccc23)CC(=O)[C@H](Cc2ccc(C(=O)O)cc2)NC(=O)[C@H](CCC(=O)O)NC1=O)[C@@H](C)O. The summed E-state index contributed by atoms with van der Waals surface area (Å²) in [5.74, 6) is -21.0. The minimum absolute atomic E-state index is 0.0308. The van der Waals surface area contributed by atoms with Crippen molar-refractivity contribution < 1.29 is 111 Å². The van der Waals surface area contributed by atoms with Gasteiger partial charge in [0.15, 0.2) is 5.78 Å². The van der Waals surface area contributed by atoms with Crippen molar-refractivity contribution >= 4 is 128 Å². The molecule has 4 aromatic rings. The maximum atomic E-state index is 15.6. The van der Waals surface area contributed by atoms with Gasteiger partial charge in [0.05, 0.1) is 59.5 Å². The van der Waals surface area contributed by atoms with Gasteiger partial charge in [-0.1, -0.05) is 132 Å². The zero-order valence-electron chi connectivity index (χ0n) is 82.2. The van der Waals surface area contributed by atoms with E-state index in [0.29, 0.717) is 60.6 Å². The van der Waals surface area contributed by atoms with Gasteiger partial charge in [0.1, 0.15) is 47.6 Å². The molecular formula is C100H144N16O23. The van der Waals surface area contributed by atoms with Crippen LogP contribution < -0.4 is 80.2 Å². The molecule has 39 heteroatoms. The smallest absolute Gasteiger partial charge is 0.335 e. The number of Topliss-reactive ketones (excluding diaryl/α,β-unsaturated/α-hetero) is 6. The zero-order chi connectivity index (χ0) is 103. The number of H-pyrrole nitrogens is 1. The van der Waals surface area contributed by atoms with Crippen LogP contribution in [0.3, 0.4) is 0 Å². The van der Waals surface area contributed by atoms with Crippen LogP contribution in [-0.2, 0) is 110 Å². The first kappa shape index (κ1) is 115. The van der Waals surface area contributed by atoms with Crippen LogP contribution in [0.4, 0.5) is 0 Å². The summed E-state index contributed by atoms with van der Waals surface area (Å²) in [4.78, 5) is 283. The molecule has 3 unspecified atom stereocenters. The minimum Gasteiger partial charge on any atom is -0.481 e.